The number of imide groups is 1. The molecule has 1 fully saturated rings. The second kappa shape index (κ2) is 8.68. The largest absolute Gasteiger partial charge is 0.387 e. The summed E-state index contributed by atoms with van der Waals surface area (Å²) in [6.07, 6.45) is -1.14. The van der Waals surface area contributed by atoms with Crippen LogP contribution in [0.5, 0.6) is 0 Å². The minimum absolute atomic E-state index is 0.0634. The molecular formula is C20H20ClFN4O4. The van der Waals surface area contributed by atoms with E-state index in [0.717, 1.165) is 11.0 Å². The second-order valence-electron chi connectivity index (χ2n) is 6.82. The van der Waals surface area contributed by atoms with Crippen LogP contribution in [0, 0.1) is 12.7 Å². The van der Waals surface area contributed by atoms with Crippen molar-refractivity contribution in [1.82, 2.24) is 10.6 Å². The number of aliphatic hydroxyl groups is 1. The zero-order valence-corrected chi connectivity index (χ0v) is 17.0. The summed E-state index contributed by atoms with van der Waals surface area (Å²) in [6, 6.07) is 6.92. The van der Waals surface area contributed by atoms with Gasteiger partial charge in [0.2, 0.25) is 0 Å². The second-order valence-corrected chi connectivity index (χ2v) is 7.23. The maximum atomic E-state index is 13.5. The van der Waals surface area contributed by atoms with Crippen LogP contribution < -0.4 is 20.9 Å². The number of carbonyl (C=O) groups excluding carboxylic acids is 3. The molecule has 1 saturated heterocycles. The van der Waals surface area contributed by atoms with E-state index in [-0.39, 0.29) is 23.0 Å². The van der Waals surface area contributed by atoms with Gasteiger partial charge in [0.25, 0.3) is 5.91 Å². The number of benzene rings is 2. The molecular weight excluding hydrogens is 415 g/mol. The Morgan fingerprint density at radius 1 is 1.33 bits per heavy atom. The third kappa shape index (κ3) is 4.37. The fraction of sp³-hybridized carbons (Fsp3) is 0.250. The Bertz CT molecular complexity index is 1020. The van der Waals surface area contributed by atoms with Crippen LogP contribution in [0.1, 0.15) is 24.2 Å². The van der Waals surface area contributed by atoms with Gasteiger partial charge in [0.15, 0.2) is 0 Å². The minimum atomic E-state index is -1.14. The molecule has 0 aromatic heterocycles. The first-order valence-electron chi connectivity index (χ1n) is 9.11. The molecule has 0 aliphatic carbocycles. The lowest BCUT2D eigenvalue weighted by Gasteiger charge is -2.19. The van der Waals surface area contributed by atoms with Gasteiger partial charge in [0, 0.05) is 12.2 Å². The number of hydrogen-bond donors (Lipinski definition) is 4. The normalized spacial score (nSPS) is 17.0. The molecule has 8 nitrogen and oxygen atoms in total. The van der Waals surface area contributed by atoms with Crippen molar-refractivity contribution >= 4 is 40.9 Å². The highest BCUT2D eigenvalue weighted by Gasteiger charge is 2.37. The number of hydrogen-bond acceptors (Lipinski definition) is 4. The number of rotatable bonds is 5. The van der Waals surface area contributed by atoms with Crippen LogP contribution >= 0.6 is 11.6 Å². The van der Waals surface area contributed by atoms with Gasteiger partial charge in [-0.25, -0.2) is 18.9 Å². The van der Waals surface area contributed by atoms with E-state index in [9.17, 15) is 23.9 Å². The molecule has 10 heteroatoms. The Labute approximate surface area is 177 Å². The van der Waals surface area contributed by atoms with Gasteiger partial charge in [-0.1, -0.05) is 23.7 Å². The van der Waals surface area contributed by atoms with Gasteiger partial charge in [-0.2, -0.15) is 0 Å². The molecule has 2 aromatic carbocycles. The fourth-order valence-corrected chi connectivity index (χ4v) is 3.15. The molecule has 1 heterocycles. The van der Waals surface area contributed by atoms with Crippen molar-refractivity contribution in [2.45, 2.75) is 26.0 Å². The lowest BCUT2D eigenvalue weighted by molar-refractivity contribution is -0.117. The summed E-state index contributed by atoms with van der Waals surface area (Å²) >= 11 is 5.62. The average molecular weight is 435 g/mol. The quantitative estimate of drug-likeness (QED) is 0.542. The van der Waals surface area contributed by atoms with E-state index in [0.29, 0.717) is 16.9 Å². The minimum Gasteiger partial charge on any atom is -0.387 e. The summed E-state index contributed by atoms with van der Waals surface area (Å²) < 4.78 is 13.5. The fourth-order valence-electron chi connectivity index (χ4n) is 3.03. The molecule has 0 saturated carbocycles. The van der Waals surface area contributed by atoms with Gasteiger partial charge in [-0.05, 0) is 49.2 Å². The molecule has 0 spiro atoms. The predicted molar refractivity (Wildman–Crippen MR) is 110 cm³/mol. The molecule has 30 heavy (non-hydrogen) atoms. The van der Waals surface area contributed by atoms with Gasteiger partial charge in [-0.3, -0.25) is 4.79 Å². The lowest BCUT2D eigenvalue weighted by Crippen LogP contribution is -2.33. The Balaban J connectivity index is 1.66. The number of amides is 5. The molecule has 0 unspecified atom stereocenters. The summed E-state index contributed by atoms with van der Waals surface area (Å²) in [4.78, 5) is 37.6. The highest BCUT2D eigenvalue weighted by molar-refractivity contribution is 6.30. The van der Waals surface area contributed by atoms with Crippen LogP contribution in [0.3, 0.4) is 0 Å². The van der Waals surface area contributed by atoms with Gasteiger partial charge in [0.1, 0.15) is 11.9 Å². The summed E-state index contributed by atoms with van der Waals surface area (Å²) in [5.41, 5.74) is 1.53. The molecule has 3 rings (SSSR count). The molecule has 0 radical (unpaired) electrons. The topological polar surface area (TPSA) is 111 Å². The van der Waals surface area contributed by atoms with E-state index >= 15 is 0 Å². The van der Waals surface area contributed by atoms with Crippen LogP contribution in [0.4, 0.5) is 25.4 Å². The first-order chi connectivity index (χ1) is 14.2. The SMILES string of the molecule is Cc1c(NC(=O)NC[C@@H](O)c2ccc(Cl)c(F)c2)cccc1N1C(=O)N[C@H](C)C1=O. The standard InChI is InChI=1S/C20H20ClFN4O4/c1-10-15(4-3-5-16(10)26-18(28)11(2)24-20(26)30)25-19(29)23-9-17(27)12-6-7-13(21)14(22)8-12/h3-8,11,17,27H,9H2,1-2H3,(H,24,30)(H2,23,25,29)/t11-,17-/m1/s1. The van der Waals surface area contributed by atoms with Gasteiger partial charge < -0.3 is 21.1 Å². The summed E-state index contributed by atoms with van der Waals surface area (Å²) in [5, 5.41) is 17.7. The van der Waals surface area contributed by atoms with Crippen LogP contribution in [-0.2, 0) is 4.79 Å². The maximum Gasteiger partial charge on any atom is 0.329 e. The summed E-state index contributed by atoms with van der Waals surface area (Å²) in [5.74, 6) is -1.05. The Kier molecular flexibility index (Phi) is 6.23. The van der Waals surface area contributed by atoms with Crippen molar-refractivity contribution in [2.24, 2.45) is 0 Å². The summed E-state index contributed by atoms with van der Waals surface area (Å²) in [6.45, 7) is 3.08. The monoisotopic (exact) mass is 434 g/mol. The first kappa shape index (κ1) is 21.5. The molecule has 1 aliphatic heterocycles. The number of anilines is 2. The third-order valence-corrected chi connectivity index (χ3v) is 5.02. The molecule has 2 aromatic rings. The van der Waals surface area contributed by atoms with Gasteiger partial charge >= 0.3 is 12.1 Å². The van der Waals surface area contributed by atoms with Crippen LogP contribution in [0.25, 0.3) is 0 Å². The van der Waals surface area contributed by atoms with Crippen molar-refractivity contribution < 1.29 is 23.9 Å². The highest BCUT2D eigenvalue weighted by Crippen LogP contribution is 2.29. The van der Waals surface area contributed by atoms with Crippen molar-refractivity contribution in [1.29, 1.82) is 0 Å². The van der Waals surface area contributed by atoms with E-state index in [1.165, 1.54) is 12.1 Å². The number of nitrogens with zero attached hydrogens (tertiary/aromatic N) is 1. The van der Waals surface area contributed by atoms with Crippen molar-refractivity contribution in [2.75, 3.05) is 16.8 Å². The number of nitrogens with one attached hydrogen (secondary N) is 3. The number of urea groups is 2. The average Bonchev–Trinajstić information content (AvgIpc) is 2.95. The Morgan fingerprint density at radius 3 is 2.70 bits per heavy atom. The molecule has 2 atom stereocenters. The van der Waals surface area contributed by atoms with E-state index in [2.05, 4.69) is 16.0 Å². The van der Waals surface area contributed by atoms with Crippen LogP contribution in [0.2, 0.25) is 5.02 Å². The van der Waals surface area contributed by atoms with Crippen molar-refractivity contribution in [3.05, 3.63) is 58.4 Å². The van der Waals surface area contributed by atoms with Gasteiger partial charge in [-0.15, -0.1) is 0 Å². The Morgan fingerprint density at radius 2 is 2.07 bits per heavy atom. The molecule has 4 N–H and O–H groups in total. The maximum absolute atomic E-state index is 13.5. The number of halogens is 2. The van der Waals surface area contributed by atoms with Crippen molar-refractivity contribution in [3.8, 4) is 0 Å². The third-order valence-electron chi connectivity index (χ3n) is 4.71. The first-order valence-corrected chi connectivity index (χ1v) is 9.48. The molecule has 0 bridgehead atoms. The Hall–Kier alpha value is -3.17. The van der Waals surface area contributed by atoms with E-state index in [1.807, 2.05) is 0 Å². The van der Waals surface area contributed by atoms with E-state index in [4.69, 9.17) is 11.6 Å². The van der Waals surface area contributed by atoms with Crippen molar-refractivity contribution in [3.63, 3.8) is 0 Å². The molecule has 158 valence electrons. The summed E-state index contributed by atoms with van der Waals surface area (Å²) in [7, 11) is 0. The lowest BCUT2D eigenvalue weighted by atomic mass is 10.1. The van der Waals surface area contributed by atoms with Gasteiger partial charge in [0.05, 0.1) is 16.8 Å². The molecule has 1 aliphatic rings. The number of carbonyl (C=O) groups is 3. The zero-order valence-electron chi connectivity index (χ0n) is 16.2. The van der Waals surface area contributed by atoms with Crippen LogP contribution in [0.15, 0.2) is 36.4 Å². The van der Waals surface area contributed by atoms with E-state index in [1.54, 1.807) is 32.0 Å². The molecule has 5 amide bonds. The van der Waals surface area contributed by atoms with Crippen LogP contribution in [-0.4, -0.2) is 35.7 Å². The smallest absolute Gasteiger partial charge is 0.329 e. The highest BCUT2D eigenvalue weighted by atomic mass is 35.5. The number of aliphatic hydroxyl groups excluding tert-OH is 1. The zero-order chi connectivity index (χ0) is 22.0. The van der Waals surface area contributed by atoms with E-state index < -0.39 is 30.0 Å². The predicted octanol–water partition coefficient (Wildman–Crippen LogP) is 3.09.